The van der Waals surface area contributed by atoms with Crippen molar-refractivity contribution in [2.24, 2.45) is 0 Å². The Balaban J connectivity index is 1.89. The monoisotopic (exact) mass is 525 g/mol. The second kappa shape index (κ2) is 9.94. The van der Waals surface area contributed by atoms with Crippen molar-refractivity contribution in [3.63, 3.8) is 0 Å². The molecular formula is C31H43NO4S. The summed E-state index contributed by atoms with van der Waals surface area (Å²) < 4.78 is 12.2. The molecule has 37 heavy (non-hydrogen) atoms. The summed E-state index contributed by atoms with van der Waals surface area (Å²) in [6.07, 6.45) is 2.17. The lowest BCUT2D eigenvalue weighted by atomic mass is 9.79. The molecule has 5 nitrogen and oxygen atoms in total. The number of aromatic hydroxyl groups is 1. The molecule has 1 unspecified atom stereocenters. The van der Waals surface area contributed by atoms with Crippen LogP contribution < -0.4 is 14.8 Å². The van der Waals surface area contributed by atoms with Gasteiger partial charge in [0, 0.05) is 35.7 Å². The van der Waals surface area contributed by atoms with Gasteiger partial charge in [-0.2, -0.15) is 0 Å². The van der Waals surface area contributed by atoms with E-state index in [0.717, 1.165) is 57.7 Å². The largest absolute Gasteiger partial charge is 0.507 e. The van der Waals surface area contributed by atoms with Gasteiger partial charge in [0.15, 0.2) is 0 Å². The van der Waals surface area contributed by atoms with E-state index in [0.29, 0.717) is 22.9 Å². The Kier molecular flexibility index (Phi) is 7.78. The molecule has 0 saturated heterocycles. The van der Waals surface area contributed by atoms with Crippen LogP contribution in [0, 0.1) is 20.8 Å². The van der Waals surface area contributed by atoms with Crippen molar-refractivity contribution >= 4 is 28.9 Å². The zero-order valence-electron chi connectivity index (χ0n) is 24.4. The van der Waals surface area contributed by atoms with Crippen molar-refractivity contribution in [1.82, 2.24) is 0 Å². The van der Waals surface area contributed by atoms with Crippen LogP contribution in [-0.2, 0) is 22.0 Å². The van der Waals surface area contributed by atoms with Gasteiger partial charge in [-0.25, -0.2) is 0 Å². The molecule has 2 aromatic rings. The third-order valence-corrected chi connectivity index (χ3v) is 7.60. The summed E-state index contributed by atoms with van der Waals surface area (Å²) in [5, 5.41) is 14.5. The summed E-state index contributed by atoms with van der Waals surface area (Å²) in [6, 6.07) is 4.01. The van der Waals surface area contributed by atoms with Crippen LogP contribution in [0.4, 0.5) is 5.69 Å². The number of carbonyl (C=O) groups excluding carboxylic acids is 1. The molecule has 1 heterocycles. The van der Waals surface area contributed by atoms with E-state index in [9.17, 15) is 9.90 Å². The quantitative estimate of drug-likeness (QED) is 0.184. The predicted molar refractivity (Wildman–Crippen MR) is 156 cm³/mol. The van der Waals surface area contributed by atoms with Gasteiger partial charge in [-0.3, -0.25) is 4.79 Å². The summed E-state index contributed by atoms with van der Waals surface area (Å²) in [4.78, 5) is 12.3. The number of carbonyl (C=O) groups is 1. The summed E-state index contributed by atoms with van der Waals surface area (Å²) in [7, 11) is 0. The van der Waals surface area contributed by atoms with Gasteiger partial charge in [-0.15, -0.1) is 0 Å². The number of anilines is 1. The maximum Gasteiger partial charge on any atom is 0.308 e. The zero-order valence-corrected chi connectivity index (χ0v) is 25.2. The fraction of sp³-hybridized carbons (Fsp3) is 0.548. The molecule has 0 saturated carbocycles. The van der Waals surface area contributed by atoms with Crippen LogP contribution >= 0.6 is 12.2 Å². The summed E-state index contributed by atoms with van der Waals surface area (Å²) in [6.45, 7) is 22.1. The number of nitrogens with one attached hydrogen (secondary N) is 1. The number of hydrogen-bond acceptors (Lipinski definition) is 5. The highest BCUT2D eigenvalue weighted by molar-refractivity contribution is 7.80. The Bertz CT molecular complexity index is 1210. The molecule has 202 valence electrons. The molecule has 0 fully saturated rings. The molecule has 0 radical (unpaired) electrons. The van der Waals surface area contributed by atoms with Crippen LogP contribution in [0.2, 0.25) is 0 Å². The van der Waals surface area contributed by atoms with Crippen LogP contribution in [-0.4, -0.2) is 21.7 Å². The van der Waals surface area contributed by atoms with Gasteiger partial charge in [0.25, 0.3) is 0 Å². The first-order valence-electron chi connectivity index (χ1n) is 13.0. The molecule has 1 aliphatic heterocycles. The first-order valence-corrected chi connectivity index (χ1v) is 13.4. The molecule has 0 spiro atoms. The lowest BCUT2D eigenvalue weighted by Crippen LogP contribution is -2.40. The molecular weight excluding hydrogens is 482 g/mol. The maximum atomic E-state index is 11.7. The Morgan fingerprint density at radius 3 is 2.08 bits per heavy atom. The highest BCUT2D eigenvalue weighted by Gasteiger charge is 2.36. The molecule has 2 N–H and O–H groups in total. The number of phenols is 1. The number of phenolic OH excluding ortho intramolecular Hbond substituents is 1. The van der Waals surface area contributed by atoms with Crippen LogP contribution in [0.15, 0.2) is 12.1 Å². The lowest BCUT2D eigenvalue weighted by Gasteiger charge is -2.38. The van der Waals surface area contributed by atoms with E-state index in [1.54, 1.807) is 0 Å². The molecule has 0 aromatic heterocycles. The molecule has 6 heteroatoms. The molecule has 1 aliphatic rings. The van der Waals surface area contributed by atoms with Crippen molar-refractivity contribution < 1.29 is 19.4 Å². The average molecular weight is 526 g/mol. The van der Waals surface area contributed by atoms with E-state index in [1.807, 2.05) is 32.9 Å². The average Bonchev–Trinajstić information content (AvgIpc) is 2.74. The standard InChI is InChI=1S/C31H43NO4S/c1-17-18(2)28-22(19(3)27(17)35-20(4)33)12-13-31(11,36-28)16-25(37)32-21-14-23(29(5,6)7)26(34)24(15-21)30(8,9)10/h14-15,34H,12-13,16H2,1-11H3,(H,32,37). The van der Waals surface area contributed by atoms with Crippen LogP contribution in [0.1, 0.15) is 102 Å². The van der Waals surface area contributed by atoms with Crippen molar-refractivity contribution in [3.8, 4) is 17.2 Å². The predicted octanol–water partition coefficient (Wildman–Crippen LogP) is 7.75. The highest BCUT2D eigenvalue weighted by atomic mass is 32.1. The van der Waals surface area contributed by atoms with Gasteiger partial charge in [-0.05, 0) is 80.2 Å². The van der Waals surface area contributed by atoms with Crippen LogP contribution in [0.5, 0.6) is 17.2 Å². The lowest BCUT2D eigenvalue weighted by molar-refractivity contribution is -0.132. The SMILES string of the molecule is CC(=O)Oc1c(C)c(C)c2c(c1C)CCC(C)(CC(=S)Nc1cc(C(C)(C)C)c(O)c(C(C)(C)C)c1)O2. The van der Waals surface area contributed by atoms with Gasteiger partial charge in [0.05, 0.1) is 4.99 Å². The number of esters is 1. The van der Waals surface area contributed by atoms with Crippen molar-refractivity contribution in [1.29, 1.82) is 0 Å². The van der Waals surface area contributed by atoms with E-state index in [-0.39, 0.29) is 16.8 Å². The third-order valence-electron chi connectivity index (χ3n) is 7.35. The second-order valence-electron chi connectivity index (χ2n) is 12.8. The van der Waals surface area contributed by atoms with E-state index in [2.05, 4.69) is 53.8 Å². The fourth-order valence-electron chi connectivity index (χ4n) is 5.10. The van der Waals surface area contributed by atoms with Crippen molar-refractivity contribution in [2.75, 3.05) is 5.32 Å². The summed E-state index contributed by atoms with van der Waals surface area (Å²) >= 11 is 5.84. The number of fused-ring (bicyclic) bond motifs is 1. The maximum absolute atomic E-state index is 11.7. The Morgan fingerprint density at radius 2 is 1.59 bits per heavy atom. The summed E-state index contributed by atoms with van der Waals surface area (Å²) in [5.41, 5.74) is 5.73. The smallest absolute Gasteiger partial charge is 0.308 e. The van der Waals surface area contributed by atoms with Crippen LogP contribution in [0.25, 0.3) is 0 Å². The number of thiocarbonyl (C=S) groups is 1. The van der Waals surface area contributed by atoms with E-state index >= 15 is 0 Å². The minimum absolute atomic E-state index is 0.218. The van der Waals surface area contributed by atoms with Crippen molar-refractivity contribution in [2.45, 2.75) is 112 Å². The normalized spacial score (nSPS) is 17.6. The highest BCUT2D eigenvalue weighted by Crippen LogP contribution is 2.45. The van der Waals surface area contributed by atoms with Gasteiger partial charge in [-0.1, -0.05) is 53.8 Å². The number of hydrogen-bond donors (Lipinski definition) is 2. The number of ether oxygens (including phenoxy) is 2. The Hall–Kier alpha value is -2.60. The number of rotatable bonds is 4. The summed E-state index contributed by atoms with van der Waals surface area (Å²) in [5.74, 6) is 1.55. The topological polar surface area (TPSA) is 67.8 Å². The molecule has 0 amide bonds. The van der Waals surface area contributed by atoms with Gasteiger partial charge in [0.2, 0.25) is 0 Å². The van der Waals surface area contributed by atoms with E-state index in [1.165, 1.54) is 6.92 Å². The molecule has 3 rings (SSSR count). The van der Waals surface area contributed by atoms with E-state index in [4.69, 9.17) is 21.7 Å². The molecule has 0 bridgehead atoms. The molecule has 1 atom stereocenters. The molecule has 0 aliphatic carbocycles. The van der Waals surface area contributed by atoms with Gasteiger partial charge >= 0.3 is 5.97 Å². The first kappa shape index (κ1) is 29.0. The van der Waals surface area contributed by atoms with Gasteiger partial charge < -0.3 is 19.9 Å². The van der Waals surface area contributed by atoms with Gasteiger partial charge in [0.1, 0.15) is 22.8 Å². The zero-order chi connectivity index (χ0) is 28.1. The molecule has 2 aromatic carbocycles. The Labute approximate surface area is 228 Å². The second-order valence-corrected chi connectivity index (χ2v) is 13.3. The minimum Gasteiger partial charge on any atom is -0.507 e. The first-order chi connectivity index (χ1) is 16.8. The van der Waals surface area contributed by atoms with Crippen molar-refractivity contribution in [3.05, 3.63) is 45.5 Å². The van der Waals surface area contributed by atoms with Crippen LogP contribution in [0.3, 0.4) is 0 Å². The minimum atomic E-state index is -0.472. The third kappa shape index (κ3) is 6.11. The van der Waals surface area contributed by atoms with E-state index < -0.39 is 5.60 Å². The Morgan fingerprint density at radius 1 is 1.05 bits per heavy atom. The number of benzene rings is 2. The fourth-order valence-corrected chi connectivity index (χ4v) is 5.52.